The first-order valence-corrected chi connectivity index (χ1v) is 10.3. The number of nitrogens with two attached hydrogens (primary N) is 1. The number of aliphatic hydroxyl groups is 1. The van der Waals surface area contributed by atoms with Gasteiger partial charge in [0, 0.05) is 29.9 Å². The molecule has 0 spiro atoms. The Bertz CT molecular complexity index is 1130. The molecule has 1 heterocycles. The van der Waals surface area contributed by atoms with Gasteiger partial charge >= 0.3 is 5.97 Å². The quantitative estimate of drug-likeness (QED) is 0.226. The minimum Gasteiger partial charge on any atom is -0.508 e. The summed E-state index contributed by atoms with van der Waals surface area (Å²) in [5, 5.41) is 34.0. The summed E-state index contributed by atoms with van der Waals surface area (Å²) in [4.78, 5) is 40.2. The van der Waals surface area contributed by atoms with Crippen LogP contribution in [-0.4, -0.2) is 62.8 Å². The summed E-state index contributed by atoms with van der Waals surface area (Å²) in [6.07, 6.45) is 1.77. The Morgan fingerprint density at radius 1 is 0.939 bits per heavy atom. The summed E-state index contributed by atoms with van der Waals surface area (Å²) < 4.78 is 0. The number of aliphatic carboxylic acids is 1. The van der Waals surface area contributed by atoms with Gasteiger partial charge in [-0.15, -0.1) is 0 Å². The fourth-order valence-corrected chi connectivity index (χ4v) is 3.43. The summed E-state index contributed by atoms with van der Waals surface area (Å²) in [6, 6.07) is 9.77. The Morgan fingerprint density at radius 2 is 1.61 bits per heavy atom. The Balaban J connectivity index is 1.81. The molecular formula is C23H26N4O6. The van der Waals surface area contributed by atoms with Gasteiger partial charge in [-0.2, -0.15) is 0 Å². The number of para-hydroxylation sites is 1. The van der Waals surface area contributed by atoms with Crippen LogP contribution in [0.2, 0.25) is 0 Å². The van der Waals surface area contributed by atoms with Crippen molar-refractivity contribution in [3.05, 3.63) is 65.9 Å². The van der Waals surface area contributed by atoms with Gasteiger partial charge in [0.05, 0.1) is 6.61 Å². The first kappa shape index (κ1) is 23.8. The molecule has 2 aromatic carbocycles. The molecule has 2 amide bonds. The third-order valence-corrected chi connectivity index (χ3v) is 5.26. The third kappa shape index (κ3) is 6.09. The molecule has 174 valence electrons. The first-order valence-electron chi connectivity index (χ1n) is 10.3. The molecule has 3 unspecified atom stereocenters. The average molecular weight is 454 g/mol. The summed E-state index contributed by atoms with van der Waals surface area (Å²) >= 11 is 0. The number of aromatic hydroxyl groups is 1. The van der Waals surface area contributed by atoms with Gasteiger partial charge in [-0.05, 0) is 29.3 Å². The fourth-order valence-electron chi connectivity index (χ4n) is 3.43. The van der Waals surface area contributed by atoms with E-state index in [1.165, 1.54) is 12.1 Å². The van der Waals surface area contributed by atoms with Crippen molar-refractivity contribution in [2.24, 2.45) is 5.73 Å². The summed E-state index contributed by atoms with van der Waals surface area (Å²) in [5.74, 6) is -2.65. The molecule has 10 nitrogen and oxygen atoms in total. The van der Waals surface area contributed by atoms with E-state index in [0.717, 1.165) is 16.5 Å². The van der Waals surface area contributed by atoms with Crippen molar-refractivity contribution in [2.75, 3.05) is 6.61 Å². The van der Waals surface area contributed by atoms with E-state index in [0.29, 0.717) is 5.56 Å². The summed E-state index contributed by atoms with van der Waals surface area (Å²) in [5.41, 5.74) is 7.77. The highest BCUT2D eigenvalue weighted by Crippen LogP contribution is 2.19. The number of H-pyrrole nitrogens is 1. The van der Waals surface area contributed by atoms with Crippen molar-refractivity contribution in [1.29, 1.82) is 0 Å². The monoisotopic (exact) mass is 454 g/mol. The van der Waals surface area contributed by atoms with E-state index in [1.54, 1.807) is 18.3 Å². The number of phenols is 1. The molecule has 0 radical (unpaired) electrons. The fraction of sp³-hybridized carbons (Fsp3) is 0.261. The molecule has 0 bridgehead atoms. The zero-order valence-electron chi connectivity index (χ0n) is 17.7. The summed E-state index contributed by atoms with van der Waals surface area (Å²) in [6.45, 7) is -0.605. The van der Waals surface area contributed by atoms with Crippen LogP contribution in [0.3, 0.4) is 0 Å². The smallest absolute Gasteiger partial charge is 0.326 e. The van der Waals surface area contributed by atoms with Gasteiger partial charge in [-0.1, -0.05) is 30.3 Å². The SMILES string of the molecule is NC(CO)C(=O)NC(Cc1c[nH]c2ccccc12)C(=O)NC(Cc1ccc(O)cc1)C(=O)O. The lowest BCUT2D eigenvalue weighted by atomic mass is 10.0. The number of nitrogens with one attached hydrogen (secondary N) is 3. The highest BCUT2D eigenvalue weighted by molar-refractivity contribution is 5.93. The maximum Gasteiger partial charge on any atom is 0.326 e. The van der Waals surface area contributed by atoms with Crippen molar-refractivity contribution < 1.29 is 29.7 Å². The highest BCUT2D eigenvalue weighted by Gasteiger charge is 2.29. The molecule has 1 aromatic heterocycles. The van der Waals surface area contributed by atoms with Crippen molar-refractivity contribution in [3.8, 4) is 5.75 Å². The number of aromatic nitrogens is 1. The van der Waals surface area contributed by atoms with E-state index in [1.807, 2.05) is 24.3 Å². The second-order valence-corrected chi connectivity index (χ2v) is 7.68. The Labute approximate surface area is 189 Å². The van der Waals surface area contributed by atoms with E-state index in [-0.39, 0.29) is 18.6 Å². The highest BCUT2D eigenvalue weighted by atomic mass is 16.4. The first-order chi connectivity index (χ1) is 15.8. The molecule has 3 aromatic rings. The number of aliphatic hydroxyl groups excluding tert-OH is 1. The average Bonchev–Trinajstić information content (AvgIpc) is 3.21. The largest absolute Gasteiger partial charge is 0.508 e. The van der Waals surface area contributed by atoms with Gasteiger partial charge in [0.25, 0.3) is 0 Å². The molecule has 0 fully saturated rings. The second kappa shape index (κ2) is 10.6. The molecule has 3 atom stereocenters. The van der Waals surface area contributed by atoms with Gasteiger partial charge in [0.1, 0.15) is 23.9 Å². The number of carbonyl (C=O) groups excluding carboxylic acids is 2. The van der Waals surface area contributed by atoms with Crippen LogP contribution in [0.4, 0.5) is 0 Å². The van der Waals surface area contributed by atoms with Crippen LogP contribution in [0.1, 0.15) is 11.1 Å². The number of hydrogen-bond acceptors (Lipinski definition) is 6. The van der Waals surface area contributed by atoms with Gasteiger partial charge in [0.2, 0.25) is 11.8 Å². The van der Waals surface area contributed by atoms with Crippen molar-refractivity contribution >= 4 is 28.7 Å². The van der Waals surface area contributed by atoms with E-state index >= 15 is 0 Å². The Morgan fingerprint density at radius 3 is 2.27 bits per heavy atom. The van der Waals surface area contributed by atoms with Crippen LogP contribution in [0, 0.1) is 0 Å². The van der Waals surface area contributed by atoms with E-state index < -0.39 is 42.5 Å². The van der Waals surface area contributed by atoms with E-state index in [9.17, 15) is 24.6 Å². The molecular weight excluding hydrogens is 428 g/mol. The topological polar surface area (TPSA) is 178 Å². The van der Waals surface area contributed by atoms with Crippen molar-refractivity contribution in [2.45, 2.75) is 31.0 Å². The van der Waals surface area contributed by atoms with E-state index in [4.69, 9.17) is 10.8 Å². The van der Waals surface area contributed by atoms with Gasteiger partial charge in [0.15, 0.2) is 0 Å². The van der Waals surface area contributed by atoms with Crippen LogP contribution >= 0.6 is 0 Å². The van der Waals surface area contributed by atoms with Crippen LogP contribution in [-0.2, 0) is 27.2 Å². The third-order valence-electron chi connectivity index (χ3n) is 5.26. The van der Waals surface area contributed by atoms with Gasteiger partial charge in [-0.25, -0.2) is 4.79 Å². The maximum atomic E-state index is 13.1. The minimum absolute atomic E-state index is 0.0226. The molecule has 0 saturated carbocycles. The molecule has 0 aliphatic heterocycles. The standard InChI is InChI=1S/C23H26N4O6/c24-17(12-28)21(30)26-19(10-14-11-25-18-4-2-1-3-16(14)18)22(31)27-20(23(32)33)9-13-5-7-15(29)8-6-13/h1-8,11,17,19-20,25,28-29H,9-10,12,24H2,(H,26,30)(H,27,31)(H,32,33). The number of fused-ring (bicyclic) bond motifs is 1. The Hall–Kier alpha value is -3.89. The Kier molecular flexibility index (Phi) is 7.65. The zero-order valence-corrected chi connectivity index (χ0v) is 17.7. The van der Waals surface area contributed by atoms with Gasteiger partial charge in [-0.3, -0.25) is 9.59 Å². The molecule has 8 N–H and O–H groups in total. The van der Waals surface area contributed by atoms with Crippen molar-refractivity contribution in [3.63, 3.8) is 0 Å². The summed E-state index contributed by atoms with van der Waals surface area (Å²) in [7, 11) is 0. The predicted molar refractivity (Wildman–Crippen MR) is 120 cm³/mol. The van der Waals surface area contributed by atoms with E-state index in [2.05, 4.69) is 15.6 Å². The minimum atomic E-state index is -1.27. The molecule has 0 aliphatic rings. The molecule has 33 heavy (non-hydrogen) atoms. The number of rotatable bonds is 10. The van der Waals surface area contributed by atoms with Crippen LogP contribution in [0.15, 0.2) is 54.7 Å². The number of benzene rings is 2. The molecule has 10 heteroatoms. The van der Waals surface area contributed by atoms with Crippen molar-refractivity contribution in [1.82, 2.24) is 15.6 Å². The normalized spacial score (nSPS) is 13.8. The van der Waals surface area contributed by atoms with Crippen LogP contribution in [0.5, 0.6) is 5.75 Å². The number of aromatic amines is 1. The molecule has 0 saturated heterocycles. The number of hydrogen-bond donors (Lipinski definition) is 7. The predicted octanol–water partition coefficient (Wildman–Crippen LogP) is 0.0325. The lowest BCUT2D eigenvalue weighted by Gasteiger charge is -2.22. The van der Waals surface area contributed by atoms with Crippen LogP contribution in [0.25, 0.3) is 10.9 Å². The number of carboxylic acids is 1. The van der Waals surface area contributed by atoms with Gasteiger partial charge < -0.3 is 36.7 Å². The molecule has 3 rings (SSSR count). The number of carbonyl (C=O) groups is 3. The number of carboxylic acid groups (broad SMARTS) is 1. The zero-order chi connectivity index (χ0) is 24.0. The number of amides is 2. The molecule has 0 aliphatic carbocycles. The lowest BCUT2D eigenvalue weighted by Crippen LogP contribution is -2.56. The second-order valence-electron chi connectivity index (χ2n) is 7.68. The van der Waals surface area contributed by atoms with Crippen LogP contribution < -0.4 is 16.4 Å². The number of phenolic OH excluding ortho intramolecular Hbond substituents is 1. The maximum absolute atomic E-state index is 13.1. The lowest BCUT2D eigenvalue weighted by molar-refractivity contribution is -0.142.